The SMILES string of the molecule is Cc1cc(C)c2cc(CN(CCN3CCCC3)C(=O)Nc3cccc(Cl)c3)c(=O)[nH]c2c1. The number of benzene rings is 2. The molecule has 2 heterocycles. The lowest BCUT2D eigenvalue weighted by Crippen LogP contribution is -2.41. The van der Waals surface area contributed by atoms with Gasteiger partial charge in [-0.05, 0) is 81.2 Å². The van der Waals surface area contributed by atoms with Crippen molar-refractivity contribution in [1.29, 1.82) is 0 Å². The van der Waals surface area contributed by atoms with Crippen LogP contribution in [0.5, 0.6) is 0 Å². The van der Waals surface area contributed by atoms with Crippen molar-refractivity contribution in [2.45, 2.75) is 33.2 Å². The smallest absolute Gasteiger partial charge is 0.322 e. The fourth-order valence-electron chi connectivity index (χ4n) is 4.33. The van der Waals surface area contributed by atoms with Crippen molar-refractivity contribution in [2.75, 3.05) is 31.5 Å². The van der Waals surface area contributed by atoms with Crippen LogP contribution in [0.1, 0.15) is 29.5 Å². The Kier molecular flexibility index (Phi) is 6.82. The normalized spacial score (nSPS) is 14.1. The summed E-state index contributed by atoms with van der Waals surface area (Å²) >= 11 is 6.07. The van der Waals surface area contributed by atoms with Gasteiger partial charge in [0, 0.05) is 40.3 Å². The third-order valence-electron chi connectivity index (χ3n) is 6.00. The van der Waals surface area contributed by atoms with Crippen molar-refractivity contribution in [3.05, 3.63) is 74.5 Å². The summed E-state index contributed by atoms with van der Waals surface area (Å²) in [6.45, 7) is 7.72. The Balaban J connectivity index is 1.59. The van der Waals surface area contributed by atoms with Gasteiger partial charge in [-0.3, -0.25) is 4.79 Å². The molecule has 2 N–H and O–H groups in total. The Hall–Kier alpha value is -2.83. The van der Waals surface area contributed by atoms with Crippen LogP contribution in [0.4, 0.5) is 10.5 Å². The first-order chi connectivity index (χ1) is 15.4. The lowest BCUT2D eigenvalue weighted by molar-refractivity contribution is 0.197. The molecule has 32 heavy (non-hydrogen) atoms. The molecule has 6 nitrogen and oxygen atoms in total. The van der Waals surface area contributed by atoms with Crippen molar-refractivity contribution in [3.63, 3.8) is 0 Å². The molecule has 2 aromatic carbocycles. The molecule has 0 unspecified atom stereocenters. The number of anilines is 1. The zero-order valence-electron chi connectivity index (χ0n) is 18.6. The molecule has 0 atom stereocenters. The van der Waals surface area contributed by atoms with Crippen LogP contribution in [0.15, 0.2) is 47.3 Å². The Morgan fingerprint density at radius 1 is 1.16 bits per heavy atom. The number of likely N-dealkylation sites (tertiary alicyclic amines) is 1. The van der Waals surface area contributed by atoms with E-state index < -0.39 is 0 Å². The topological polar surface area (TPSA) is 68.4 Å². The van der Waals surface area contributed by atoms with Crippen LogP contribution in [-0.2, 0) is 6.54 Å². The predicted molar refractivity (Wildman–Crippen MR) is 131 cm³/mol. The number of rotatable bonds is 6. The molecule has 1 fully saturated rings. The molecule has 1 aliphatic rings. The minimum Gasteiger partial charge on any atom is -0.322 e. The number of halogens is 1. The first-order valence-electron chi connectivity index (χ1n) is 11.1. The highest BCUT2D eigenvalue weighted by Gasteiger charge is 2.19. The van der Waals surface area contributed by atoms with Gasteiger partial charge in [-0.15, -0.1) is 0 Å². The predicted octanol–water partition coefficient (Wildman–Crippen LogP) is 4.93. The zero-order chi connectivity index (χ0) is 22.7. The molecule has 0 spiro atoms. The van der Waals surface area contributed by atoms with Gasteiger partial charge in [-0.2, -0.15) is 0 Å². The van der Waals surface area contributed by atoms with E-state index in [0.29, 0.717) is 22.8 Å². The van der Waals surface area contributed by atoms with Crippen LogP contribution in [0, 0.1) is 13.8 Å². The number of H-pyrrole nitrogens is 1. The number of hydrogen-bond acceptors (Lipinski definition) is 3. The van der Waals surface area contributed by atoms with Crippen molar-refractivity contribution in [3.8, 4) is 0 Å². The molecule has 7 heteroatoms. The number of hydrogen-bond donors (Lipinski definition) is 2. The second kappa shape index (κ2) is 9.76. The summed E-state index contributed by atoms with van der Waals surface area (Å²) < 4.78 is 0. The number of aryl methyl sites for hydroxylation is 2. The molecule has 0 aliphatic carbocycles. The average molecular weight is 453 g/mol. The highest BCUT2D eigenvalue weighted by Crippen LogP contribution is 2.20. The molecule has 0 bridgehead atoms. The van der Waals surface area contributed by atoms with E-state index >= 15 is 0 Å². The molecule has 0 radical (unpaired) electrons. The van der Waals surface area contributed by atoms with Gasteiger partial charge < -0.3 is 20.1 Å². The number of nitrogens with one attached hydrogen (secondary N) is 2. The second-order valence-corrected chi connectivity index (χ2v) is 9.01. The molecule has 2 amide bonds. The van der Waals surface area contributed by atoms with E-state index in [9.17, 15) is 9.59 Å². The van der Waals surface area contributed by atoms with Gasteiger partial charge in [0.25, 0.3) is 5.56 Å². The minimum absolute atomic E-state index is 0.163. The monoisotopic (exact) mass is 452 g/mol. The van der Waals surface area contributed by atoms with Crippen LogP contribution < -0.4 is 10.9 Å². The third kappa shape index (κ3) is 5.31. The van der Waals surface area contributed by atoms with Crippen molar-refractivity contribution >= 4 is 34.2 Å². The van der Waals surface area contributed by atoms with Gasteiger partial charge in [0.1, 0.15) is 0 Å². The third-order valence-corrected chi connectivity index (χ3v) is 6.23. The quantitative estimate of drug-likeness (QED) is 0.557. The minimum atomic E-state index is -0.244. The summed E-state index contributed by atoms with van der Waals surface area (Å²) in [6.07, 6.45) is 2.38. The lowest BCUT2D eigenvalue weighted by Gasteiger charge is -2.26. The fraction of sp³-hybridized carbons (Fsp3) is 0.360. The van der Waals surface area contributed by atoms with Crippen molar-refractivity contribution in [1.82, 2.24) is 14.8 Å². The molecule has 1 aliphatic heterocycles. The maximum atomic E-state index is 13.2. The maximum absolute atomic E-state index is 13.2. The Labute approximate surface area is 193 Å². The molecular weight excluding hydrogens is 424 g/mol. The van der Waals surface area contributed by atoms with Gasteiger partial charge in [-0.25, -0.2) is 4.79 Å². The number of pyridine rings is 1. The van der Waals surface area contributed by atoms with E-state index in [2.05, 4.69) is 21.3 Å². The number of amides is 2. The molecule has 1 saturated heterocycles. The summed E-state index contributed by atoms with van der Waals surface area (Å²) in [5.74, 6) is 0. The number of carbonyl (C=O) groups excluding carboxylic acids is 1. The number of carbonyl (C=O) groups is 1. The first-order valence-corrected chi connectivity index (χ1v) is 11.4. The lowest BCUT2D eigenvalue weighted by atomic mass is 10.0. The second-order valence-electron chi connectivity index (χ2n) is 8.58. The molecule has 168 valence electrons. The van der Waals surface area contributed by atoms with E-state index in [1.54, 1.807) is 29.2 Å². The zero-order valence-corrected chi connectivity index (χ0v) is 19.3. The van der Waals surface area contributed by atoms with E-state index in [4.69, 9.17) is 11.6 Å². The van der Waals surface area contributed by atoms with Gasteiger partial charge in [0.15, 0.2) is 0 Å². The maximum Gasteiger partial charge on any atom is 0.322 e. The summed E-state index contributed by atoms with van der Waals surface area (Å²) in [4.78, 5) is 33.1. The molecule has 0 saturated carbocycles. The first kappa shape index (κ1) is 22.4. The van der Waals surface area contributed by atoms with E-state index in [-0.39, 0.29) is 18.1 Å². The van der Waals surface area contributed by atoms with Gasteiger partial charge in [0.05, 0.1) is 6.54 Å². The number of aromatic nitrogens is 1. The highest BCUT2D eigenvalue weighted by atomic mass is 35.5. The Morgan fingerprint density at radius 3 is 2.69 bits per heavy atom. The van der Waals surface area contributed by atoms with Gasteiger partial charge in [0.2, 0.25) is 0 Å². The number of aromatic amines is 1. The number of urea groups is 1. The van der Waals surface area contributed by atoms with E-state index in [1.807, 2.05) is 26.0 Å². The Bertz CT molecular complexity index is 1180. The summed E-state index contributed by atoms with van der Waals surface area (Å²) in [5, 5.41) is 4.48. The van der Waals surface area contributed by atoms with Crippen LogP contribution in [0.25, 0.3) is 10.9 Å². The standard InChI is InChI=1S/C25H29ClN4O2/c1-17-12-18(2)22-14-19(24(31)28-23(22)13-17)16-30(11-10-29-8-3-4-9-29)25(32)27-21-7-5-6-20(26)15-21/h5-7,12-15H,3-4,8-11,16H2,1-2H3,(H,27,32)(H,28,31). The Morgan fingerprint density at radius 2 is 1.94 bits per heavy atom. The van der Waals surface area contributed by atoms with Crippen LogP contribution in [0.3, 0.4) is 0 Å². The fourth-order valence-corrected chi connectivity index (χ4v) is 4.52. The van der Waals surface area contributed by atoms with E-state index in [1.165, 1.54) is 12.8 Å². The van der Waals surface area contributed by atoms with Crippen LogP contribution in [0.2, 0.25) is 5.02 Å². The molecule has 1 aromatic heterocycles. The molecule has 3 aromatic rings. The molecular formula is C25H29ClN4O2. The van der Waals surface area contributed by atoms with Crippen LogP contribution >= 0.6 is 11.6 Å². The average Bonchev–Trinajstić information content (AvgIpc) is 3.25. The summed E-state index contributed by atoms with van der Waals surface area (Å²) in [5.41, 5.74) is 4.07. The van der Waals surface area contributed by atoms with Crippen molar-refractivity contribution in [2.24, 2.45) is 0 Å². The highest BCUT2D eigenvalue weighted by molar-refractivity contribution is 6.30. The van der Waals surface area contributed by atoms with Gasteiger partial charge >= 0.3 is 6.03 Å². The van der Waals surface area contributed by atoms with Gasteiger partial charge in [-0.1, -0.05) is 23.7 Å². The number of nitrogens with zero attached hydrogens (tertiary/aromatic N) is 2. The number of fused-ring (bicyclic) bond motifs is 1. The summed E-state index contributed by atoms with van der Waals surface area (Å²) in [6, 6.07) is 12.8. The van der Waals surface area contributed by atoms with Crippen molar-refractivity contribution < 1.29 is 4.79 Å². The molecule has 4 rings (SSSR count). The van der Waals surface area contributed by atoms with E-state index in [0.717, 1.165) is 41.7 Å². The largest absolute Gasteiger partial charge is 0.322 e. The summed E-state index contributed by atoms with van der Waals surface area (Å²) in [7, 11) is 0. The van der Waals surface area contributed by atoms with Crippen LogP contribution in [-0.4, -0.2) is 47.0 Å².